The number of nitrogens with one attached hydrogen (secondary N) is 2. The Balaban J connectivity index is 1.70. The van der Waals surface area contributed by atoms with Gasteiger partial charge in [0.25, 0.3) is 0 Å². The monoisotopic (exact) mass is 388 g/mol. The normalized spacial score (nSPS) is 10.3. The molecule has 6 nitrogen and oxygen atoms in total. The van der Waals surface area contributed by atoms with Crippen LogP contribution in [-0.2, 0) is 16.0 Å². The number of carbonyl (C=O) groups is 3. The highest BCUT2D eigenvalue weighted by atomic mass is 35.5. The number of amides is 2. The zero-order chi connectivity index (χ0) is 19.8. The van der Waals surface area contributed by atoms with Crippen molar-refractivity contribution in [3.05, 3.63) is 64.2 Å². The van der Waals surface area contributed by atoms with Crippen molar-refractivity contribution in [3.63, 3.8) is 0 Å². The van der Waals surface area contributed by atoms with Gasteiger partial charge in [-0.15, -0.1) is 0 Å². The number of aromatic carboxylic acids is 1. The van der Waals surface area contributed by atoms with Crippen molar-refractivity contribution in [3.8, 4) is 0 Å². The minimum absolute atomic E-state index is 0.158. The summed E-state index contributed by atoms with van der Waals surface area (Å²) >= 11 is 6.02. The SMILES string of the molecule is Cc1c(Cl)cccc1NC(=O)CCNC(=O)CCc1ccc(C(=O)O)cc1. The summed E-state index contributed by atoms with van der Waals surface area (Å²) in [6, 6.07) is 11.7. The summed E-state index contributed by atoms with van der Waals surface area (Å²) in [5.41, 5.74) is 2.54. The molecule has 0 atom stereocenters. The molecule has 0 aliphatic rings. The van der Waals surface area contributed by atoms with E-state index in [0.29, 0.717) is 17.1 Å². The number of aryl methyl sites for hydroxylation is 1. The molecule has 142 valence electrons. The first-order chi connectivity index (χ1) is 12.9. The molecule has 0 radical (unpaired) electrons. The Morgan fingerprint density at radius 2 is 1.70 bits per heavy atom. The lowest BCUT2D eigenvalue weighted by Crippen LogP contribution is -2.27. The summed E-state index contributed by atoms with van der Waals surface area (Å²) in [7, 11) is 0. The van der Waals surface area contributed by atoms with Gasteiger partial charge in [0.2, 0.25) is 11.8 Å². The van der Waals surface area contributed by atoms with Crippen LogP contribution in [0.25, 0.3) is 0 Å². The van der Waals surface area contributed by atoms with Gasteiger partial charge < -0.3 is 15.7 Å². The fourth-order valence-electron chi connectivity index (χ4n) is 2.43. The maximum Gasteiger partial charge on any atom is 0.335 e. The lowest BCUT2D eigenvalue weighted by molar-refractivity contribution is -0.121. The molecule has 3 N–H and O–H groups in total. The third-order valence-corrected chi connectivity index (χ3v) is 4.47. The van der Waals surface area contributed by atoms with Crippen molar-refractivity contribution in [2.75, 3.05) is 11.9 Å². The largest absolute Gasteiger partial charge is 0.478 e. The fourth-order valence-corrected chi connectivity index (χ4v) is 2.61. The van der Waals surface area contributed by atoms with Crippen LogP contribution in [0.3, 0.4) is 0 Å². The van der Waals surface area contributed by atoms with Crippen LogP contribution >= 0.6 is 11.6 Å². The van der Waals surface area contributed by atoms with Gasteiger partial charge in [-0.3, -0.25) is 9.59 Å². The lowest BCUT2D eigenvalue weighted by Gasteiger charge is -2.10. The highest BCUT2D eigenvalue weighted by Gasteiger charge is 2.08. The molecule has 0 aliphatic heterocycles. The number of benzene rings is 2. The number of anilines is 1. The molecule has 0 heterocycles. The highest BCUT2D eigenvalue weighted by Crippen LogP contribution is 2.22. The van der Waals surface area contributed by atoms with Crippen molar-refractivity contribution in [2.45, 2.75) is 26.2 Å². The van der Waals surface area contributed by atoms with E-state index in [4.69, 9.17) is 16.7 Å². The van der Waals surface area contributed by atoms with Crippen LogP contribution in [0.5, 0.6) is 0 Å². The highest BCUT2D eigenvalue weighted by molar-refractivity contribution is 6.31. The Hall–Kier alpha value is -2.86. The van der Waals surface area contributed by atoms with Crippen molar-refractivity contribution in [1.82, 2.24) is 5.32 Å². The van der Waals surface area contributed by atoms with E-state index in [1.54, 1.807) is 30.3 Å². The molecule has 0 aliphatic carbocycles. The number of carbonyl (C=O) groups excluding carboxylic acids is 2. The second-order valence-electron chi connectivity index (χ2n) is 6.06. The summed E-state index contributed by atoms with van der Waals surface area (Å²) in [5.74, 6) is -1.35. The van der Waals surface area contributed by atoms with E-state index in [-0.39, 0.29) is 36.8 Å². The number of rotatable bonds is 8. The molecule has 0 saturated heterocycles. The van der Waals surface area contributed by atoms with E-state index >= 15 is 0 Å². The van der Waals surface area contributed by atoms with Crippen molar-refractivity contribution >= 4 is 35.1 Å². The zero-order valence-electron chi connectivity index (χ0n) is 14.9. The zero-order valence-corrected chi connectivity index (χ0v) is 15.7. The number of halogens is 1. The minimum atomic E-state index is -0.981. The van der Waals surface area contributed by atoms with Crippen LogP contribution in [0.4, 0.5) is 5.69 Å². The molecule has 2 aromatic carbocycles. The minimum Gasteiger partial charge on any atom is -0.478 e. The van der Waals surface area contributed by atoms with Crippen LogP contribution in [0.15, 0.2) is 42.5 Å². The second kappa shape index (κ2) is 9.73. The van der Waals surface area contributed by atoms with Crippen molar-refractivity contribution in [2.24, 2.45) is 0 Å². The Labute approximate surface area is 162 Å². The Bertz CT molecular complexity index is 834. The molecule has 0 bridgehead atoms. The summed E-state index contributed by atoms with van der Waals surface area (Å²) < 4.78 is 0. The average Bonchev–Trinajstić information content (AvgIpc) is 2.64. The van der Waals surface area contributed by atoms with Gasteiger partial charge in [-0.05, 0) is 48.7 Å². The van der Waals surface area contributed by atoms with E-state index < -0.39 is 5.97 Å². The van der Waals surface area contributed by atoms with E-state index in [0.717, 1.165) is 11.1 Å². The van der Waals surface area contributed by atoms with Crippen LogP contribution in [0.1, 0.15) is 34.3 Å². The molecular formula is C20H21ClN2O4. The lowest BCUT2D eigenvalue weighted by atomic mass is 10.1. The smallest absolute Gasteiger partial charge is 0.335 e. The van der Waals surface area contributed by atoms with Gasteiger partial charge in [-0.2, -0.15) is 0 Å². The number of carboxylic acids is 1. The van der Waals surface area contributed by atoms with Crippen LogP contribution in [-0.4, -0.2) is 29.4 Å². The predicted molar refractivity (Wildman–Crippen MR) is 104 cm³/mol. The van der Waals surface area contributed by atoms with Gasteiger partial charge in [0, 0.05) is 30.1 Å². The van der Waals surface area contributed by atoms with Gasteiger partial charge in [0.05, 0.1) is 5.56 Å². The van der Waals surface area contributed by atoms with Gasteiger partial charge >= 0.3 is 5.97 Å². The van der Waals surface area contributed by atoms with E-state index in [1.165, 1.54) is 12.1 Å². The van der Waals surface area contributed by atoms with Gasteiger partial charge in [0.15, 0.2) is 0 Å². The van der Waals surface area contributed by atoms with Crippen LogP contribution in [0.2, 0.25) is 5.02 Å². The number of carboxylic acid groups (broad SMARTS) is 1. The molecule has 27 heavy (non-hydrogen) atoms. The average molecular weight is 389 g/mol. The molecule has 0 unspecified atom stereocenters. The number of hydrogen-bond donors (Lipinski definition) is 3. The molecular weight excluding hydrogens is 368 g/mol. The van der Waals surface area contributed by atoms with Crippen molar-refractivity contribution < 1.29 is 19.5 Å². The summed E-state index contributed by atoms with van der Waals surface area (Å²) in [5, 5.41) is 14.9. The Kier molecular flexibility index (Phi) is 7.37. The van der Waals surface area contributed by atoms with Crippen LogP contribution in [0, 0.1) is 6.92 Å². The summed E-state index contributed by atoms with van der Waals surface area (Å²) in [6.07, 6.45) is 0.923. The summed E-state index contributed by atoms with van der Waals surface area (Å²) in [6.45, 7) is 2.06. The third-order valence-electron chi connectivity index (χ3n) is 4.06. The number of hydrogen-bond acceptors (Lipinski definition) is 3. The molecule has 0 fully saturated rings. The van der Waals surface area contributed by atoms with Crippen molar-refractivity contribution in [1.29, 1.82) is 0 Å². The van der Waals surface area contributed by atoms with Gasteiger partial charge in [-0.25, -0.2) is 4.79 Å². The Morgan fingerprint density at radius 3 is 2.37 bits per heavy atom. The van der Waals surface area contributed by atoms with E-state index in [2.05, 4.69) is 10.6 Å². The first kappa shape index (κ1) is 20.5. The van der Waals surface area contributed by atoms with E-state index in [1.807, 2.05) is 6.92 Å². The topological polar surface area (TPSA) is 95.5 Å². The Morgan fingerprint density at radius 1 is 1.00 bits per heavy atom. The molecule has 2 rings (SSSR count). The summed E-state index contributed by atoms with van der Waals surface area (Å²) in [4.78, 5) is 34.6. The third kappa shape index (κ3) is 6.42. The van der Waals surface area contributed by atoms with Crippen LogP contribution < -0.4 is 10.6 Å². The molecule has 7 heteroatoms. The maximum absolute atomic E-state index is 12.0. The quantitative estimate of drug-likeness (QED) is 0.645. The maximum atomic E-state index is 12.0. The molecule has 0 aromatic heterocycles. The standard InChI is InChI=1S/C20H21ClN2O4/c1-13-16(21)3-2-4-17(13)23-19(25)11-12-22-18(24)10-7-14-5-8-15(9-6-14)20(26)27/h2-6,8-9H,7,10-12H2,1H3,(H,22,24)(H,23,25)(H,26,27). The van der Waals surface area contributed by atoms with Gasteiger partial charge in [-0.1, -0.05) is 29.8 Å². The molecule has 0 saturated carbocycles. The first-order valence-electron chi connectivity index (χ1n) is 8.50. The van der Waals surface area contributed by atoms with E-state index in [9.17, 15) is 14.4 Å². The first-order valence-corrected chi connectivity index (χ1v) is 8.88. The molecule has 0 spiro atoms. The molecule has 2 amide bonds. The van der Waals surface area contributed by atoms with Gasteiger partial charge in [0.1, 0.15) is 0 Å². The second-order valence-corrected chi connectivity index (χ2v) is 6.47. The predicted octanol–water partition coefficient (Wildman–Crippen LogP) is 3.42. The molecule has 2 aromatic rings. The fraction of sp³-hybridized carbons (Fsp3) is 0.250.